The molecule has 2 N–H and O–H groups in total. The molecule has 5 heteroatoms. The van der Waals surface area contributed by atoms with Gasteiger partial charge in [-0.1, -0.05) is 86.0 Å². The zero-order valence-corrected chi connectivity index (χ0v) is 21.0. The maximum absolute atomic E-state index is 13.5. The van der Waals surface area contributed by atoms with E-state index in [0.29, 0.717) is 0 Å². The van der Waals surface area contributed by atoms with E-state index in [0.717, 1.165) is 58.3 Å². The molecule has 36 heavy (non-hydrogen) atoms. The fourth-order valence-corrected chi connectivity index (χ4v) is 5.85. The van der Waals surface area contributed by atoms with E-state index < -0.39 is 5.25 Å². The van der Waals surface area contributed by atoms with Crippen LogP contribution in [0.5, 0.6) is 0 Å². The van der Waals surface area contributed by atoms with E-state index in [9.17, 15) is 9.59 Å². The normalized spacial score (nSPS) is 14.8. The van der Waals surface area contributed by atoms with E-state index in [1.54, 1.807) is 0 Å². The first kappa shape index (κ1) is 24.1. The van der Waals surface area contributed by atoms with Crippen molar-refractivity contribution in [3.05, 3.63) is 103 Å². The quantitative estimate of drug-likeness (QED) is 0.257. The van der Waals surface area contributed by atoms with Crippen LogP contribution < -0.4 is 10.6 Å². The molecule has 4 nitrogen and oxygen atoms in total. The molecule has 2 amide bonds. The van der Waals surface area contributed by atoms with Gasteiger partial charge in [-0.3, -0.25) is 9.59 Å². The van der Waals surface area contributed by atoms with E-state index in [2.05, 4.69) is 16.7 Å². The smallest absolute Gasteiger partial charge is 0.242 e. The molecule has 1 unspecified atom stereocenters. The number of rotatable bonds is 7. The Bertz CT molecular complexity index is 1350. The van der Waals surface area contributed by atoms with Gasteiger partial charge in [0, 0.05) is 22.2 Å². The minimum atomic E-state index is -0.443. The molecule has 1 fully saturated rings. The minimum absolute atomic E-state index is 0.0851. The molecule has 0 radical (unpaired) electrons. The third-order valence-electron chi connectivity index (χ3n) is 6.69. The van der Waals surface area contributed by atoms with Crippen LogP contribution in [0.2, 0.25) is 0 Å². The number of hydrogen-bond acceptors (Lipinski definition) is 3. The van der Waals surface area contributed by atoms with Crippen LogP contribution in [0.25, 0.3) is 10.8 Å². The fraction of sp³-hybridized carbons (Fsp3) is 0.226. The summed E-state index contributed by atoms with van der Waals surface area (Å²) in [6, 6.07) is 31.7. The molecule has 4 aromatic rings. The summed E-state index contributed by atoms with van der Waals surface area (Å²) in [7, 11) is 0. The number of anilines is 2. The summed E-state index contributed by atoms with van der Waals surface area (Å²) in [5.74, 6) is 0.114. The Hall–Kier alpha value is -3.57. The average Bonchev–Trinajstić information content (AvgIpc) is 2.93. The van der Waals surface area contributed by atoms with Crippen molar-refractivity contribution in [1.29, 1.82) is 0 Å². The lowest BCUT2D eigenvalue weighted by atomic mass is 9.88. The molecule has 1 saturated carbocycles. The van der Waals surface area contributed by atoms with Crippen molar-refractivity contribution >= 4 is 45.7 Å². The highest BCUT2D eigenvalue weighted by Gasteiger charge is 2.24. The molecule has 0 bridgehead atoms. The molecule has 0 aromatic heterocycles. The van der Waals surface area contributed by atoms with Gasteiger partial charge in [0.05, 0.1) is 0 Å². The summed E-state index contributed by atoms with van der Waals surface area (Å²) < 4.78 is 0. The zero-order valence-electron chi connectivity index (χ0n) is 20.2. The molecule has 0 heterocycles. The van der Waals surface area contributed by atoms with Gasteiger partial charge < -0.3 is 10.6 Å². The Morgan fingerprint density at radius 1 is 0.694 bits per heavy atom. The maximum atomic E-state index is 13.5. The van der Waals surface area contributed by atoms with Gasteiger partial charge in [-0.25, -0.2) is 0 Å². The van der Waals surface area contributed by atoms with Crippen LogP contribution in [0.3, 0.4) is 0 Å². The van der Waals surface area contributed by atoms with Gasteiger partial charge in [0.2, 0.25) is 11.8 Å². The highest BCUT2D eigenvalue weighted by atomic mass is 32.2. The van der Waals surface area contributed by atoms with Gasteiger partial charge in [0.1, 0.15) is 5.25 Å². The highest BCUT2D eigenvalue weighted by Crippen LogP contribution is 2.37. The van der Waals surface area contributed by atoms with Crippen LogP contribution in [-0.4, -0.2) is 11.8 Å². The van der Waals surface area contributed by atoms with Crippen LogP contribution in [0.4, 0.5) is 11.4 Å². The van der Waals surface area contributed by atoms with Gasteiger partial charge >= 0.3 is 0 Å². The van der Waals surface area contributed by atoms with E-state index in [-0.39, 0.29) is 17.7 Å². The number of benzene rings is 4. The molecular weight excluding hydrogens is 464 g/mol. The standard InChI is InChI=1S/C31H30N2O2S/c34-30(24-13-5-2-6-14-24)32-26-16-9-17-28(21-26)36-29(23-11-3-1-4-12-23)31(35)33-27-19-18-22-10-7-8-15-25(22)20-27/h1,3-4,7-12,15-21,24,29H,2,5-6,13-14H2,(H,32,34)(H,33,35). The third-order valence-corrected chi connectivity index (χ3v) is 7.94. The first-order chi connectivity index (χ1) is 17.7. The SMILES string of the molecule is O=C(Nc1cccc(SC(C(=O)Nc2ccc3ccccc3c2)c2ccccc2)c1)C1CCCCC1. The molecule has 1 aliphatic carbocycles. The number of carbonyl (C=O) groups is 2. The Labute approximate surface area is 216 Å². The van der Waals surface area contributed by atoms with Crippen LogP contribution >= 0.6 is 11.8 Å². The van der Waals surface area contributed by atoms with Crippen LogP contribution in [0.15, 0.2) is 102 Å². The van der Waals surface area contributed by atoms with Crippen molar-refractivity contribution in [2.24, 2.45) is 5.92 Å². The van der Waals surface area contributed by atoms with Crippen molar-refractivity contribution in [3.8, 4) is 0 Å². The Balaban J connectivity index is 1.34. The van der Waals surface area contributed by atoms with Crippen molar-refractivity contribution in [2.75, 3.05) is 10.6 Å². The molecule has 182 valence electrons. The summed E-state index contributed by atoms with van der Waals surface area (Å²) in [5, 5.41) is 7.99. The summed E-state index contributed by atoms with van der Waals surface area (Å²) in [4.78, 5) is 27.2. The minimum Gasteiger partial charge on any atom is -0.326 e. The zero-order chi connectivity index (χ0) is 24.7. The number of carbonyl (C=O) groups excluding carboxylic acids is 2. The number of thioether (sulfide) groups is 1. The second kappa shape index (κ2) is 11.4. The maximum Gasteiger partial charge on any atom is 0.242 e. The first-order valence-electron chi connectivity index (χ1n) is 12.6. The highest BCUT2D eigenvalue weighted by molar-refractivity contribution is 8.00. The van der Waals surface area contributed by atoms with E-state index in [1.807, 2.05) is 91.0 Å². The van der Waals surface area contributed by atoms with Gasteiger partial charge in [0.15, 0.2) is 0 Å². The Kier molecular flexibility index (Phi) is 7.67. The lowest BCUT2D eigenvalue weighted by Crippen LogP contribution is -2.24. The van der Waals surface area contributed by atoms with Crippen molar-refractivity contribution < 1.29 is 9.59 Å². The predicted molar refractivity (Wildman–Crippen MR) is 149 cm³/mol. The molecule has 0 aliphatic heterocycles. The number of fused-ring (bicyclic) bond motifs is 1. The molecule has 0 saturated heterocycles. The molecule has 4 aromatic carbocycles. The fourth-order valence-electron chi connectivity index (χ4n) is 4.77. The monoisotopic (exact) mass is 494 g/mol. The van der Waals surface area contributed by atoms with Crippen molar-refractivity contribution in [3.63, 3.8) is 0 Å². The Morgan fingerprint density at radius 3 is 2.22 bits per heavy atom. The van der Waals surface area contributed by atoms with E-state index in [1.165, 1.54) is 18.2 Å². The molecule has 5 rings (SSSR count). The predicted octanol–water partition coefficient (Wildman–Crippen LogP) is 7.83. The number of hydrogen-bond donors (Lipinski definition) is 2. The Morgan fingerprint density at radius 2 is 1.42 bits per heavy atom. The summed E-state index contributed by atoms with van der Waals surface area (Å²) in [6.45, 7) is 0. The van der Waals surface area contributed by atoms with Gasteiger partial charge in [-0.15, -0.1) is 11.8 Å². The first-order valence-corrected chi connectivity index (χ1v) is 13.5. The van der Waals surface area contributed by atoms with E-state index >= 15 is 0 Å². The van der Waals surface area contributed by atoms with Gasteiger partial charge in [-0.05, 0) is 59.5 Å². The topological polar surface area (TPSA) is 58.2 Å². The van der Waals surface area contributed by atoms with Crippen LogP contribution in [0.1, 0.15) is 42.9 Å². The van der Waals surface area contributed by atoms with E-state index in [4.69, 9.17) is 0 Å². The summed E-state index contributed by atoms with van der Waals surface area (Å²) >= 11 is 1.49. The second-order valence-electron chi connectivity index (χ2n) is 9.31. The summed E-state index contributed by atoms with van der Waals surface area (Å²) in [5.41, 5.74) is 2.48. The van der Waals surface area contributed by atoms with Crippen molar-refractivity contribution in [1.82, 2.24) is 0 Å². The molecule has 1 atom stereocenters. The summed E-state index contributed by atoms with van der Waals surface area (Å²) in [6.07, 6.45) is 5.40. The second-order valence-corrected chi connectivity index (χ2v) is 10.5. The molecular formula is C31H30N2O2S. The lowest BCUT2D eigenvalue weighted by Gasteiger charge is -2.21. The average molecular weight is 495 g/mol. The molecule has 0 spiro atoms. The van der Waals surface area contributed by atoms with Crippen LogP contribution in [-0.2, 0) is 9.59 Å². The number of nitrogens with one attached hydrogen (secondary N) is 2. The van der Waals surface area contributed by atoms with Crippen molar-refractivity contribution in [2.45, 2.75) is 42.2 Å². The van der Waals surface area contributed by atoms with Crippen LogP contribution in [0, 0.1) is 5.92 Å². The largest absolute Gasteiger partial charge is 0.326 e. The van der Waals surface area contributed by atoms with Gasteiger partial charge in [0.25, 0.3) is 0 Å². The third kappa shape index (κ3) is 5.97. The lowest BCUT2D eigenvalue weighted by molar-refractivity contribution is -0.120. The van der Waals surface area contributed by atoms with Gasteiger partial charge in [-0.2, -0.15) is 0 Å². The molecule has 1 aliphatic rings. The number of amides is 2.